The molecule has 0 bridgehead atoms. The van der Waals surface area contributed by atoms with Gasteiger partial charge in [-0.05, 0) is 55.7 Å². The molecule has 2 aromatic carbocycles. The molecule has 34 heavy (non-hydrogen) atoms. The lowest BCUT2D eigenvalue weighted by atomic mass is 10.1. The van der Waals surface area contributed by atoms with Crippen molar-refractivity contribution in [3.63, 3.8) is 0 Å². The molecule has 10 heteroatoms. The lowest BCUT2D eigenvalue weighted by molar-refractivity contribution is -0.139. The third-order valence-corrected chi connectivity index (χ3v) is 7.27. The van der Waals surface area contributed by atoms with Gasteiger partial charge in [-0.3, -0.25) is 13.9 Å². The topological polar surface area (TPSA) is 86.8 Å². The summed E-state index contributed by atoms with van der Waals surface area (Å²) >= 11 is 9.50. The second-order valence-corrected chi connectivity index (χ2v) is 11.4. The molecule has 1 N–H and O–H groups in total. The smallest absolute Gasteiger partial charge is 0.244 e. The first kappa shape index (κ1) is 28.1. The molecule has 7 nitrogen and oxygen atoms in total. The van der Waals surface area contributed by atoms with E-state index in [1.54, 1.807) is 26.0 Å². The van der Waals surface area contributed by atoms with Gasteiger partial charge < -0.3 is 10.2 Å². The van der Waals surface area contributed by atoms with Crippen LogP contribution in [0, 0.1) is 6.92 Å². The molecular weight excluding hydrogens is 542 g/mol. The molecule has 0 saturated heterocycles. The van der Waals surface area contributed by atoms with E-state index in [4.69, 9.17) is 11.6 Å². The Bertz CT molecular complexity index is 1110. The molecule has 2 rings (SSSR count). The summed E-state index contributed by atoms with van der Waals surface area (Å²) in [4.78, 5) is 27.7. The summed E-state index contributed by atoms with van der Waals surface area (Å²) in [6.45, 7) is 5.63. The van der Waals surface area contributed by atoms with Crippen molar-refractivity contribution in [2.75, 3.05) is 23.7 Å². The molecule has 1 atom stereocenters. The van der Waals surface area contributed by atoms with Crippen molar-refractivity contribution < 1.29 is 18.0 Å². The maximum atomic E-state index is 13.5. The van der Waals surface area contributed by atoms with E-state index in [2.05, 4.69) is 21.2 Å². The van der Waals surface area contributed by atoms with Gasteiger partial charge >= 0.3 is 0 Å². The second-order valence-electron chi connectivity index (χ2n) is 8.17. The maximum absolute atomic E-state index is 13.5. The Labute approximate surface area is 215 Å². The van der Waals surface area contributed by atoms with Gasteiger partial charge in [0.05, 0.1) is 11.9 Å². The van der Waals surface area contributed by atoms with Crippen molar-refractivity contribution in [2.45, 2.75) is 46.2 Å². The van der Waals surface area contributed by atoms with Gasteiger partial charge in [0.1, 0.15) is 12.6 Å². The number of carbonyl (C=O) groups excluding carboxylic acids is 2. The van der Waals surface area contributed by atoms with Gasteiger partial charge in [0.15, 0.2) is 0 Å². The van der Waals surface area contributed by atoms with E-state index in [1.807, 2.05) is 31.2 Å². The largest absolute Gasteiger partial charge is 0.354 e. The van der Waals surface area contributed by atoms with Crippen molar-refractivity contribution in [1.29, 1.82) is 0 Å². The van der Waals surface area contributed by atoms with Crippen molar-refractivity contribution in [1.82, 2.24) is 10.2 Å². The number of unbranched alkanes of at least 4 members (excludes halogenated alkanes) is 1. The van der Waals surface area contributed by atoms with E-state index in [-0.39, 0.29) is 12.5 Å². The molecule has 0 fully saturated rings. The van der Waals surface area contributed by atoms with E-state index >= 15 is 0 Å². The molecule has 0 aromatic heterocycles. The van der Waals surface area contributed by atoms with Crippen LogP contribution >= 0.6 is 27.5 Å². The monoisotopic (exact) mass is 571 g/mol. The van der Waals surface area contributed by atoms with Gasteiger partial charge in [-0.15, -0.1) is 0 Å². The van der Waals surface area contributed by atoms with Crippen molar-refractivity contribution in [3.8, 4) is 0 Å². The highest BCUT2D eigenvalue weighted by atomic mass is 79.9. The number of nitrogens with zero attached hydrogens (tertiary/aromatic N) is 2. The molecule has 0 aliphatic carbocycles. The molecule has 2 amide bonds. The lowest BCUT2D eigenvalue weighted by Crippen LogP contribution is -2.51. The number of benzene rings is 2. The summed E-state index contributed by atoms with van der Waals surface area (Å²) in [6, 6.07) is 11.5. The summed E-state index contributed by atoms with van der Waals surface area (Å²) < 4.78 is 27.2. The molecule has 0 saturated carbocycles. The van der Waals surface area contributed by atoms with Crippen LogP contribution in [0.25, 0.3) is 0 Å². The minimum absolute atomic E-state index is 0.153. The Kier molecular flexibility index (Phi) is 10.4. The first-order valence-corrected chi connectivity index (χ1v) is 14.0. The molecule has 0 heterocycles. The Balaban J connectivity index is 2.38. The predicted molar refractivity (Wildman–Crippen MR) is 140 cm³/mol. The van der Waals surface area contributed by atoms with Gasteiger partial charge in [0.2, 0.25) is 21.8 Å². The normalized spacial score (nSPS) is 12.2. The minimum Gasteiger partial charge on any atom is -0.354 e. The predicted octanol–water partition coefficient (Wildman–Crippen LogP) is 4.51. The van der Waals surface area contributed by atoms with Gasteiger partial charge in [-0.25, -0.2) is 8.42 Å². The number of anilines is 1. The van der Waals surface area contributed by atoms with Crippen LogP contribution in [0.4, 0.5) is 5.69 Å². The van der Waals surface area contributed by atoms with Crippen molar-refractivity contribution in [2.24, 2.45) is 0 Å². The maximum Gasteiger partial charge on any atom is 0.244 e. The molecule has 0 radical (unpaired) electrons. The van der Waals surface area contributed by atoms with Crippen LogP contribution in [0.1, 0.15) is 37.8 Å². The molecule has 0 unspecified atom stereocenters. The van der Waals surface area contributed by atoms with E-state index in [9.17, 15) is 18.0 Å². The summed E-state index contributed by atoms with van der Waals surface area (Å²) in [5.74, 6) is -0.783. The third kappa shape index (κ3) is 7.99. The van der Waals surface area contributed by atoms with Crippen LogP contribution in [-0.4, -0.2) is 50.5 Å². The molecule has 0 aliphatic heterocycles. The zero-order chi connectivity index (χ0) is 25.5. The number of hydrogen-bond donors (Lipinski definition) is 1. The zero-order valence-electron chi connectivity index (χ0n) is 19.8. The fraction of sp³-hybridized carbons (Fsp3) is 0.417. The van der Waals surface area contributed by atoms with Gasteiger partial charge in [0.25, 0.3) is 0 Å². The number of halogens is 2. The summed E-state index contributed by atoms with van der Waals surface area (Å²) in [5.41, 5.74) is 1.80. The lowest BCUT2D eigenvalue weighted by Gasteiger charge is -2.32. The van der Waals surface area contributed by atoms with Crippen molar-refractivity contribution in [3.05, 3.63) is 63.1 Å². The van der Waals surface area contributed by atoms with Crippen LogP contribution in [-0.2, 0) is 26.2 Å². The molecule has 0 aliphatic rings. The number of nitrogens with one attached hydrogen (secondary N) is 1. The number of hydrogen-bond acceptors (Lipinski definition) is 4. The number of carbonyl (C=O) groups is 2. The first-order valence-electron chi connectivity index (χ1n) is 11.0. The summed E-state index contributed by atoms with van der Waals surface area (Å²) in [5, 5.41) is 3.21. The van der Waals surface area contributed by atoms with Gasteiger partial charge in [-0.1, -0.05) is 59.1 Å². The van der Waals surface area contributed by atoms with Crippen LogP contribution in [0.5, 0.6) is 0 Å². The van der Waals surface area contributed by atoms with Crippen molar-refractivity contribution >= 4 is 55.1 Å². The second kappa shape index (κ2) is 12.6. The van der Waals surface area contributed by atoms with Crippen LogP contribution < -0.4 is 9.62 Å². The molecule has 2 aromatic rings. The van der Waals surface area contributed by atoms with E-state index in [1.165, 1.54) is 11.0 Å². The number of rotatable bonds is 11. The van der Waals surface area contributed by atoms with Crippen LogP contribution in [0.2, 0.25) is 5.02 Å². The SMILES string of the molecule is CCCCNC(=O)[C@H](C)N(Cc1ccc(Br)cc1)C(=O)CN(c1cc(Cl)ccc1C)S(C)(=O)=O. The highest BCUT2D eigenvalue weighted by molar-refractivity contribution is 9.10. The minimum atomic E-state index is -3.81. The Morgan fingerprint density at radius 1 is 1.15 bits per heavy atom. The molecular formula is C24H31BrClN3O4S. The fourth-order valence-corrected chi connectivity index (χ4v) is 4.68. The third-order valence-electron chi connectivity index (χ3n) is 5.38. The number of amides is 2. The van der Waals surface area contributed by atoms with Crippen LogP contribution in [0.3, 0.4) is 0 Å². The fourth-order valence-electron chi connectivity index (χ4n) is 3.35. The zero-order valence-corrected chi connectivity index (χ0v) is 23.0. The number of aryl methyl sites for hydroxylation is 1. The molecule has 0 spiro atoms. The van der Waals surface area contributed by atoms with E-state index < -0.39 is 28.5 Å². The van der Waals surface area contributed by atoms with E-state index in [0.717, 1.165) is 33.4 Å². The first-order chi connectivity index (χ1) is 15.9. The summed E-state index contributed by atoms with van der Waals surface area (Å²) in [7, 11) is -3.81. The quantitative estimate of drug-likeness (QED) is 0.402. The Hall–Kier alpha value is -2.10. The number of sulfonamides is 1. The van der Waals surface area contributed by atoms with Gasteiger partial charge in [-0.2, -0.15) is 0 Å². The van der Waals surface area contributed by atoms with Gasteiger partial charge in [0, 0.05) is 22.6 Å². The Morgan fingerprint density at radius 3 is 2.38 bits per heavy atom. The summed E-state index contributed by atoms with van der Waals surface area (Å²) in [6.07, 6.45) is 2.80. The average Bonchev–Trinajstić information content (AvgIpc) is 2.77. The van der Waals surface area contributed by atoms with E-state index in [0.29, 0.717) is 22.8 Å². The van der Waals surface area contributed by atoms with Crippen LogP contribution in [0.15, 0.2) is 46.9 Å². The standard InChI is InChI=1S/C24H31BrClN3O4S/c1-5-6-13-27-24(31)18(3)28(15-19-8-10-20(25)11-9-19)23(30)16-29(34(4,32)33)22-14-21(26)12-7-17(22)2/h7-12,14,18H,5-6,13,15-16H2,1-4H3,(H,27,31)/t18-/m0/s1. The average molecular weight is 573 g/mol. The highest BCUT2D eigenvalue weighted by Crippen LogP contribution is 2.27. The molecule has 186 valence electrons. The Morgan fingerprint density at radius 2 is 1.79 bits per heavy atom. The highest BCUT2D eigenvalue weighted by Gasteiger charge is 2.30.